The second-order valence-corrected chi connectivity index (χ2v) is 7.00. The van der Waals surface area contributed by atoms with Gasteiger partial charge in [-0.25, -0.2) is 0 Å². The van der Waals surface area contributed by atoms with Gasteiger partial charge in [-0.05, 0) is 31.2 Å². The second-order valence-electron chi connectivity index (χ2n) is 7.00. The summed E-state index contributed by atoms with van der Waals surface area (Å²) in [7, 11) is 0. The standard InChI is InChI=1S/C23H23N3O5/c1-17-7-9-18(10-8-17)25(13-4-12-24)22(28)16-31-23(29)15-26-19-5-2-3-6-20(19)30-14-11-21(26)27/h2-3,5-10H,4,11,13-16H2,1H3. The molecular weight excluding hydrogens is 398 g/mol. The first kappa shape index (κ1) is 21.8. The topological polar surface area (TPSA) is 99.9 Å². The van der Waals surface area contributed by atoms with E-state index in [9.17, 15) is 14.4 Å². The van der Waals surface area contributed by atoms with Gasteiger partial charge < -0.3 is 14.4 Å². The zero-order chi connectivity index (χ0) is 22.2. The molecule has 1 aliphatic heterocycles. The molecule has 3 rings (SSSR count). The normalized spacial score (nSPS) is 12.8. The van der Waals surface area contributed by atoms with Crippen LogP contribution in [0.4, 0.5) is 11.4 Å². The van der Waals surface area contributed by atoms with Gasteiger partial charge in [0.25, 0.3) is 5.91 Å². The summed E-state index contributed by atoms with van der Waals surface area (Å²) in [4.78, 5) is 40.3. The highest BCUT2D eigenvalue weighted by molar-refractivity contribution is 6.00. The fourth-order valence-corrected chi connectivity index (χ4v) is 3.17. The molecule has 1 aliphatic rings. The monoisotopic (exact) mass is 421 g/mol. The van der Waals surface area contributed by atoms with Gasteiger partial charge in [-0.3, -0.25) is 19.3 Å². The summed E-state index contributed by atoms with van der Waals surface area (Å²) < 4.78 is 10.7. The SMILES string of the molecule is Cc1ccc(N(CCC#N)C(=O)COC(=O)CN2C(=O)CCOc3ccccc32)cc1. The summed E-state index contributed by atoms with van der Waals surface area (Å²) >= 11 is 0. The Morgan fingerprint density at radius 1 is 1.19 bits per heavy atom. The van der Waals surface area contributed by atoms with Crippen LogP contribution in [-0.4, -0.2) is 44.1 Å². The van der Waals surface area contributed by atoms with Crippen LogP contribution in [0.25, 0.3) is 0 Å². The lowest BCUT2D eigenvalue weighted by Gasteiger charge is -2.23. The van der Waals surface area contributed by atoms with E-state index in [0.29, 0.717) is 17.1 Å². The summed E-state index contributed by atoms with van der Waals surface area (Å²) in [5.41, 5.74) is 2.15. The summed E-state index contributed by atoms with van der Waals surface area (Å²) in [6.45, 7) is 1.53. The van der Waals surface area contributed by atoms with Gasteiger partial charge in [0.2, 0.25) is 5.91 Å². The number of esters is 1. The third-order valence-corrected chi connectivity index (χ3v) is 4.77. The van der Waals surface area contributed by atoms with Crippen molar-refractivity contribution in [3.63, 3.8) is 0 Å². The van der Waals surface area contributed by atoms with Gasteiger partial charge in [-0.15, -0.1) is 0 Å². The minimum atomic E-state index is -0.706. The summed E-state index contributed by atoms with van der Waals surface area (Å²) in [6.07, 6.45) is 0.281. The number of anilines is 2. The number of amides is 2. The van der Waals surface area contributed by atoms with Gasteiger partial charge >= 0.3 is 5.97 Å². The first-order valence-corrected chi connectivity index (χ1v) is 9.91. The van der Waals surface area contributed by atoms with Gasteiger partial charge in [0.15, 0.2) is 6.61 Å². The number of nitriles is 1. The van der Waals surface area contributed by atoms with E-state index in [1.165, 1.54) is 9.80 Å². The Morgan fingerprint density at radius 3 is 2.68 bits per heavy atom. The molecule has 0 spiro atoms. The van der Waals surface area contributed by atoms with Crippen molar-refractivity contribution in [1.29, 1.82) is 5.26 Å². The van der Waals surface area contributed by atoms with Gasteiger partial charge in [0.05, 0.1) is 31.2 Å². The highest BCUT2D eigenvalue weighted by atomic mass is 16.5. The molecule has 0 N–H and O–H groups in total. The Balaban J connectivity index is 1.65. The summed E-state index contributed by atoms with van der Waals surface area (Å²) in [5, 5.41) is 8.90. The Kier molecular flexibility index (Phi) is 7.22. The van der Waals surface area contributed by atoms with Crippen LogP contribution < -0.4 is 14.5 Å². The maximum absolute atomic E-state index is 12.7. The molecule has 160 valence electrons. The van der Waals surface area contributed by atoms with Crippen molar-refractivity contribution >= 4 is 29.2 Å². The van der Waals surface area contributed by atoms with Gasteiger partial charge in [-0.2, -0.15) is 5.26 Å². The molecule has 0 atom stereocenters. The van der Waals surface area contributed by atoms with Crippen LogP contribution in [0.3, 0.4) is 0 Å². The lowest BCUT2D eigenvalue weighted by atomic mass is 10.2. The second kappa shape index (κ2) is 10.3. The number of ether oxygens (including phenoxy) is 2. The van der Waals surface area contributed by atoms with Crippen LogP contribution in [0, 0.1) is 18.3 Å². The molecule has 8 heteroatoms. The van der Waals surface area contributed by atoms with Crippen molar-refractivity contribution in [1.82, 2.24) is 0 Å². The number of carbonyl (C=O) groups excluding carboxylic acids is 3. The number of fused-ring (bicyclic) bond motifs is 1. The van der Waals surface area contributed by atoms with Crippen LogP contribution in [0.1, 0.15) is 18.4 Å². The molecule has 2 amide bonds. The first-order chi connectivity index (χ1) is 15.0. The fraction of sp³-hybridized carbons (Fsp3) is 0.304. The molecule has 0 aliphatic carbocycles. The molecule has 0 saturated heterocycles. The third-order valence-electron chi connectivity index (χ3n) is 4.77. The number of nitrogens with zero attached hydrogens (tertiary/aromatic N) is 3. The molecule has 0 bridgehead atoms. The maximum atomic E-state index is 12.7. The summed E-state index contributed by atoms with van der Waals surface area (Å²) in [6, 6.07) is 16.2. The summed E-state index contributed by atoms with van der Waals surface area (Å²) in [5.74, 6) is -0.899. The molecule has 2 aromatic rings. The average Bonchev–Trinajstić information content (AvgIpc) is 2.92. The third kappa shape index (κ3) is 5.60. The first-order valence-electron chi connectivity index (χ1n) is 9.91. The molecule has 31 heavy (non-hydrogen) atoms. The van der Waals surface area contributed by atoms with E-state index in [0.717, 1.165) is 5.56 Å². The number of para-hydroxylation sites is 2. The minimum Gasteiger partial charge on any atom is -0.491 e. The predicted molar refractivity (Wildman–Crippen MR) is 114 cm³/mol. The quantitative estimate of drug-likeness (QED) is 0.637. The Morgan fingerprint density at radius 2 is 1.94 bits per heavy atom. The number of carbonyl (C=O) groups is 3. The molecule has 2 aromatic carbocycles. The predicted octanol–water partition coefficient (Wildman–Crippen LogP) is 2.60. The van der Waals surface area contributed by atoms with Crippen LogP contribution in [0.5, 0.6) is 5.75 Å². The van der Waals surface area contributed by atoms with Crippen molar-refractivity contribution in [3.05, 3.63) is 54.1 Å². The number of benzene rings is 2. The largest absolute Gasteiger partial charge is 0.491 e. The maximum Gasteiger partial charge on any atom is 0.326 e. The number of hydrogen-bond acceptors (Lipinski definition) is 6. The highest BCUT2D eigenvalue weighted by Crippen LogP contribution is 2.30. The molecule has 8 nitrogen and oxygen atoms in total. The van der Waals surface area contributed by atoms with Gasteiger partial charge in [-0.1, -0.05) is 29.8 Å². The van der Waals surface area contributed by atoms with E-state index in [1.807, 2.05) is 25.1 Å². The van der Waals surface area contributed by atoms with Crippen molar-refractivity contribution < 1.29 is 23.9 Å². The van der Waals surface area contributed by atoms with Crippen LogP contribution in [0.2, 0.25) is 0 Å². The molecule has 0 unspecified atom stereocenters. The number of rotatable bonds is 7. The molecule has 0 aromatic heterocycles. The molecule has 0 fully saturated rings. The lowest BCUT2D eigenvalue weighted by Crippen LogP contribution is -2.39. The van der Waals surface area contributed by atoms with Crippen molar-refractivity contribution in [2.24, 2.45) is 0 Å². The van der Waals surface area contributed by atoms with E-state index in [2.05, 4.69) is 0 Å². The Bertz CT molecular complexity index is 997. The van der Waals surface area contributed by atoms with E-state index in [1.54, 1.807) is 36.4 Å². The fourth-order valence-electron chi connectivity index (χ4n) is 3.17. The van der Waals surface area contributed by atoms with E-state index < -0.39 is 18.5 Å². The average molecular weight is 421 g/mol. The van der Waals surface area contributed by atoms with E-state index >= 15 is 0 Å². The number of hydrogen-bond donors (Lipinski definition) is 0. The van der Waals surface area contributed by atoms with Gasteiger partial charge in [0.1, 0.15) is 12.3 Å². The Hall–Kier alpha value is -3.86. The Labute approximate surface area is 180 Å². The smallest absolute Gasteiger partial charge is 0.326 e. The van der Waals surface area contributed by atoms with E-state index in [-0.39, 0.29) is 38.4 Å². The van der Waals surface area contributed by atoms with Crippen LogP contribution in [0.15, 0.2) is 48.5 Å². The minimum absolute atomic E-state index is 0.135. The zero-order valence-electron chi connectivity index (χ0n) is 17.2. The van der Waals surface area contributed by atoms with Crippen LogP contribution >= 0.6 is 0 Å². The highest BCUT2D eigenvalue weighted by Gasteiger charge is 2.26. The number of aryl methyl sites for hydroxylation is 1. The van der Waals surface area contributed by atoms with Crippen LogP contribution in [-0.2, 0) is 19.1 Å². The van der Waals surface area contributed by atoms with E-state index in [4.69, 9.17) is 14.7 Å². The lowest BCUT2D eigenvalue weighted by molar-refractivity contribution is -0.147. The molecular formula is C23H23N3O5. The molecule has 0 radical (unpaired) electrons. The van der Waals surface area contributed by atoms with Crippen molar-refractivity contribution in [2.45, 2.75) is 19.8 Å². The van der Waals surface area contributed by atoms with Gasteiger partial charge in [0, 0.05) is 12.2 Å². The molecule has 1 heterocycles. The zero-order valence-corrected chi connectivity index (χ0v) is 17.2. The molecule has 0 saturated carbocycles. The van der Waals surface area contributed by atoms with Crippen molar-refractivity contribution in [2.75, 3.05) is 36.1 Å². The van der Waals surface area contributed by atoms with Crippen molar-refractivity contribution in [3.8, 4) is 11.8 Å².